The molecule has 1 aliphatic rings. The summed E-state index contributed by atoms with van der Waals surface area (Å²) in [6, 6.07) is 19.8. The number of hydrogen-bond acceptors (Lipinski definition) is 3. The zero-order valence-corrected chi connectivity index (χ0v) is 14.5. The molecular formula is C22H23NO2. The number of carbonyl (C=O) groups is 1. The van der Waals surface area contributed by atoms with E-state index in [4.69, 9.17) is 4.74 Å². The Bertz CT molecular complexity index is 746. The average Bonchev–Trinajstić information content (AvgIpc) is 3.13. The summed E-state index contributed by atoms with van der Waals surface area (Å²) in [4.78, 5) is 14.5. The molecule has 0 aliphatic carbocycles. The van der Waals surface area contributed by atoms with Crippen LogP contribution in [0, 0.1) is 11.8 Å². The van der Waals surface area contributed by atoms with Gasteiger partial charge in [0, 0.05) is 12.1 Å². The van der Waals surface area contributed by atoms with Crippen molar-refractivity contribution in [2.75, 3.05) is 13.2 Å². The Labute approximate surface area is 149 Å². The van der Waals surface area contributed by atoms with Crippen molar-refractivity contribution in [3.05, 3.63) is 71.8 Å². The molecule has 1 aliphatic heterocycles. The van der Waals surface area contributed by atoms with Crippen LogP contribution >= 0.6 is 0 Å². The number of ether oxygens (including phenoxy) is 1. The van der Waals surface area contributed by atoms with Gasteiger partial charge in [0.05, 0.1) is 12.6 Å². The Kier molecular flexibility index (Phi) is 5.87. The van der Waals surface area contributed by atoms with Crippen LogP contribution in [0.15, 0.2) is 60.7 Å². The normalized spacial score (nSPS) is 18.2. The molecule has 1 fully saturated rings. The highest BCUT2D eigenvalue weighted by molar-refractivity contribution is 5.76. The Balaban J connectivity index is 1.92. The van der Waals surface area contributed by atoms with Gasteiger partial charge in [0.25, 0.3) is 0 Å². The molecule has 0 bridgehead atoms. The topological polar surface area (TPSA) is 29.5 Å². The summed E-state index contributed by atoms with van der Waals surface area (Å²) < 4.78 is 5.28. The third-order valence-corrected chi connectivity index (χ3v) is 4.43. The van der Waals surface area contributed by atoms with Gasteiger partial charge in [-0.2, -0.15) is 0 Å². The molecule has 1 heterocycles. The third kappa shape index (κ3) is 4.29. The van der Waals surface area contributed by atoms with Crippen molar-refractivity contribution in [3.8, 4) is 11.8 Å². The lowest BCUT2D eigenvalue weighted by Gasteiger charge is -2.28. The molecule has 2 aromatic rings. The van der Waals surface area contributed by atoms with Crippen molar-refractivity contribution >= 4 is 5.97 Å². The highest BCUT2D eigenvalue weighted by Gasteiger charge is 2.36. The molecule has 3 heteroatoms. The highest BCUT2D eigenvalue weighted by atomic mass is 16.5. The second-order valence-corrected chi connectivity index (χ2v) is 6.10. The standard InChI is InChI=1S/C22H23NO2/c1-2-25-22(24)21-14-9-17-23(21)20(19-12-7-4-8-13-19)16-15-18-10-5-3-6-11-18/h3-8,10-13,20-21H,2,9,14,17H2,1H3/t20-,21+/m1/s1. The largest absolute Gasteiger partial charge is 0.465 e. The fourth-order valence-corrected chi connectivity index (χ4v) is 3.26. The molecule has 0 radical (unpaired) electrons. The number of benzene rings is 2. The van der Waals surface area contributed by atoms with Gasteiger partial charge in [-0.25, -0.2) is 0 Å². The van der Waals surface area contributed by atoms with Gasteiger partial charge in [-0.3, -0.25) is 9.69 Å². The molecule has 25 heavy (non-hydrogen) atoms. The molecule has 2 aromatic carbocycles. The maximum atomic E-state index is 12.4. The smallest absolute Gasteiger partial charge is 0.323 e. The van der Waals surface area contributed by atoms with E-state index >= 15 is 0 Å². The summed E-state index contributed by atoms with van der Waals surface area (Å²) >= 11 is 0. The molecule has 3 nitrogen and oxygen atoms in total. The van der Waals surface area contributed by atoms with Crippen LogP contribution in [0.5, 0.6) is 0 Å². The van der Waals surface area contributed by atoms with Gasteiger partial charge in [0.1, 0.15) is 6.04 Å². The first kappa shape index (κ1) is 17.3. The van der Waals surface area contributed by atoms with Crippen molar-refractivity contribution in [2.45, 2.75) is 31.8 Å². The van der Waals surface area contributed by atoms with E-state index < -0.39 is 0 Å². The van der Waals surface area contributed by atoms with E-state index in [9.17, 15) is 4.79 Å². The van der Waals surface area contributed by atoms with E-state index in [1.165, 1.54) is 0 Å². The summed E-state index contributed by atoms with van der Waals surface area (Å²) in [5.41, 5.74) is 2.09. The minimum absolute atomic E-state index is 0.113. The second kappa shape index (κ2) is 8.50. The van der Waals surface area contributed by atoms with Gasteiger partial charge in [0.2, 0.25) is 0 Å². The van der Waals surface area contributed by atoms with Crippen LogP contribution in [0.1, 0.15) is 36.9 Å². The Morgan fingerprint density at radius 1 is 1.16 bits per heavy atom. The third-order valence-electron chi connectivity index (χ3n) is 4.43. The zero-order valence-electron chi connectivity index (χ0n) is 14.5. The summed E-state index contributed by atoms with van der Waals surface area (Å²) in [6.45, 7) is 3.11. The van der Waals surface area contributed by atoms with E-state index in [2.05, 4.69) is 28.9 Å². The number of nitrogens with zero attached hydrogens (tertiary/aromatic N) is 1. The van der Waals surface area contributed by atoms with Crippen LogP contribution in [0.25, 0.3) is 0 Å². The minimum atomic E-state index is -0.213. The Morgan fingerprint density at radius 2 is 1.84 bits per heavy atom. The number of esters is 1. The van der Waals surface area contributed by atoms with Crippen LogP contribution in [0.4, 0.5) is 0 Å². The van der Waals surface area contributed by atoms with Crippen LogP contribution < -0.4 is 0 Å². The first-order valence-electron chi connectivity index (χ1n) is 8.83. The van der Waals surface area contributed by atoms with Gasteiger partial charge in [-0.15, -0.1) is 0 Å². The van der Waals surface area contributed by atoms with Crippen molar-refractivity contribution in [1.82, 2.24) is 4.90 Å². The SMILES string of the molecule is CCOC(=O)[C@@H]1CCCN1[C@H](C#Cc1ccccc1)c1ccccc1. The molecular weight excluding hydrogens is 310 g/mol. The first-order chi connectivity index (χ1) is 12.3. The van der Waals surface area contributed by atoms with Crippen LogP contribution in [-0.4, -0.2) is 30.1 Å². The number of likely N-dealkylation sites (tertiary alicyclic amines) is 1. The summed E-state index contributed by atoms with van der Waals surface area (Å²) in [7, 11) is 0. The first-order valence-corrected chi connectivity index (χ1v) is 8.83. The van der Waals surface area contributed by atoms with Crippen molar-refractivity contribution < 1.29 is 9.53 Å². The van der Waals surface area contributed by atoms with E-state index in [0.29, 0.717) is 6.61 Å². The highest BCUT2D eigenvalue weighted by Crippen LogP contribution is 2.30. The maximum Gasteiger partial charge on any atom is 0.323 e. The summed E-state index contributed by atoms with van der Waals surface area (Å²) in [6.07, 6.45) is 1.81. The molecule has 1 saturated heterocycles. The van der Waals surface area contributed by atoms with Crippen LogP contribution in [-0.2, 0) is 9.53 Å². The Morgan fingerprint density at radius 3 is 2.52 bits per heavy atom. The van der Waals surface area contributed by atoms with E-state index in [-0.39, 0.29) is 18.1 Å². The molecule has 2 atom stereocenters. The molecule has 0 amide bonds. The van der Waals surface area contributed by atoms with Gasteiger partial charge in [-0.05, 0) is 37.5 Å². The van der Waals surface area contributed by atoms with Crippen molar-refractivity contribution in [3.63, 3.8) is 0 Å². The van der Waals surface area contributed by atoms with E-state index in [1.54, 1.807) is 0 Å². The molecule has 0 aromatic heterocycles. The van der Waals surface area contributed by atoms with E-state index in [1.807, 2.05) is 55.5 Å². The number of carbonyl (C=O) groups excluding carboxylic acids is 1. The van der Waals surface area contributed by atoms with Gasteiger partial charge in [0.15, 0.2) is 0 Å². The lowest BCUT2D eigenvalue weighted by Crippen LogP contribution is -2.39. The van der Waals surface area contributed by atoms with Crippen LogP contribution in [0.2, 0.25) is 0 Å². The second-order valence-electron chi connectivity index (χ2n) is 6.10. The molecule has 0 N–H and O–H groups in total. The lowest BCUT2D eigenvalue weighted by atomic mass is 10.0. The van der Waals surface area contributed by atoms with Gasteiger partial charge < -0.3 is 4.74 Å². The van der Waals surface area contributed by atoms with Crippen molar-refractivity contribution in [2.24, 2.45) is 0 Å². The molecule has 128 valence electrons. The van der Waals surface area contributed by atoms with Crippen molar-refractivity contribution in [1.29, 1.82) is 0 Å². The number of rotatable bonds is 4. The predicted octanol–water partition coefficient (Wildman–Crippen LogP) is 3.81. The van der Waals surface area contributed by atoms with E-state index in [0.717, 1.165) is 30.5 Å². The molecule has 0 unspecified atom stereocenters. The quantitative estimate of drug-likeness (QED) is 0.629. The lowest BCUT2D eigenvalue weighted by molar-refractivity contribution is -0.148. The predicted molar refractivity (Wildman–Crippen MR) is 98.9 cm³/mol. The van der Waals surface area contributed by atoms with Crippen LogP contribution in [0.3, 0.4) is 0 Å². The zero-order chi connectivity index (χ0) is 17.5. The summed E-state index contributed by atoms with van der Waals surface area (Å²) in [5, 5.41) is 0. The monoisotopic (exact) mass is 333 g/mol. The fourth-order valence-electron chi connectivity index (χ4n) is 3.26. The minimum Gasteiger partial charge on any atom is -0.465 e. The number of hydrogen-bond donors (Lipinski definition) is 0. The van der Waals surface area contributed by atoms with Gasteiger partial charge >= 0.3 is 5.97 Å². The molecule has 0 saturated carbocycles. The average molecular weight is 333 g/mol. The maximum absolute atomic E-state index is 12.4. The Hall–Kier alpha value is -2.57. The van der Waals surface area contributed by atoms with Gasteiger partial charge in [-0.1, -0.05) is 60.4 Å². The molecule has 3 rings (SSSR count). The summed E-state index contributed by atoms with van der Waals surface area (Å²) in [5.74, 6) is 6.52. The fraction of sp³-hybridized carbons (Fsp3) is 0.318. The molecule has 0 spiro atoms.